The lowest BCUT2D eigenvalue weighted by Crippen LogP contribution is -2.30. The Kier molecular flexibility index (Phi) is 2.66. The Hall–Kier alpha value is -1.29. The van der Waals surface area contributed by atoms with Crippen LogP contribution in [0.3, 0.4) is 0 Å². The summed E-state index contributed by atoms with van der Waals surface area (Å²) in [5.41, 5.74) is 5.21. The predicted octanol–water partition coefficient (Wildman–Crippen LogP) is 1.97. The highest BCUT2D eigenvalue weighted by Crippen LogP contribution is 2.23. The molecule has 0 aromatic heterocycles. The van der Waals surface area contributed by atoms with E-state index >= 15 is 0 Å². The minimum absolute atomic E-state index is 0.0800. The lowest BCUT2D eigenvalue weighted by Gasteiger charge is -2.21. The van der Waals surface area contributed by atoms with Crippen molar-refractivity contribution >= 4 is 6.29 Å². The smallest absolute Gasteiger partial charge is 0.159 e. The Labute approximate surface area is 80.7 Å². The molecular formula is C10H11F2NO. The van der Waals surface area contributed by atoms with Crippen LogP contribution in [-0.2, 0) is 5.54 Å². The molecule has 0 aliphatic heterocycles. The summed E-state index contributed by atoms with van der Waals surface area (Å²) in [6.45, 7) is 3.24. The summed E-state index contributed by atoms with van der Waals surface area (Å²) < 4.78 is 25.6. The number of carbonyl (C=O) groups excluding carboxylic acids is 1. The normalized spacial score (nSPS) is 11.5. The number of nitrogens with two attached hydrogens (primary N) is 1. The van der Waals surface area contributed by atoms with Crippen LogP contribution in [0.1, 0.15) is 29.8 Å². The molecule has 0 saturated heterocycles. The van der Waals surface area contributed by atoms with Gasteiger partial charge in [-0.3, -0.25) is 4.79 Å². The fraction of sp³-hybridized carbons (Fsp3) is 0.300. The number of benzene rings is 1. The topological polar surface area (TPSA) is 43.1 Å². The van der Waals surface area contributed by atoms with E-state index in [1.807, 2.05) is 0 Å². The van der Waals surface area contributed by atoms with Gasteiger partial charge < -0.3 is 5.73 Å². The maximum Gasteiger partial charge on any atom is 0.159 e. The van der Waals surface area contributed by atoms with Crippen LogP contribution in [0.15, 0.2) is 12.1 Å². The van der Waals surface area contributed by atoms with E-state index in [1.54, 1.807) is 13.8 Å². The van der Waals surface area contributed by atoms with Crippen LogP contribution in [-0.4, -0.2) is 6.29 Å². The molecule has 0 spiro atoms. The van der Waals surface area contributed by atoms with E-state index < -0.39 is 17.2 Å². The summed E-state index contributed by atoms with van der Waals surface area (Å²) in [6, 6.07) is 1.81. The van der Waals surface area contributed by atoms with E-state index in [0.717, 1.165) is 12.1 Å². The van der Waals surface area contributed by atoms with Crippen LogP contribution in [0.5, 0.6) is 0 Å². The Balaban J connectivity index is 3.42. The summed E-state index contributed by atoms with van der Waals surface area (Å²) in [7, 11) is 0. The van der Waals surface area contributed by atoms with Gasteiger partial charge in [0.2, 0.25) is 0 Å². The van der Waals surface area contributed by atoms with Crippen molar-refractivity contribution in [3.8, 4) is 0 Å². The third-order valence-electron chi connectivity index (χ3n) is 1.91. The van der Waals surface area contributed by atoms with Crippen molar-refractivity contribution in [2.24, 2.45) is 5.73 Å². The maximum absolute atomic E-state index is 12.9. The highest BCUT2D eigenvalue weighted by atomic mass is 19.2. The molecule has 2 N–H and O–H groups in total. The Morgan fingerprint density at radius 3 is 2.21 bits per heavy atom. The van der Waals surface area contributed by atoms with E-state index in [1.165, 1.54) is 0 Å². The van der Waals surface area contributed by atoms with Crippen LogP contribution >= 0.6 is 0 Å². The fourth-order valence-corrected chi connectivity index (χ4v) is 1.22. The molecule has 0 amide bonds. The van der Waals surface area contributed by atoms with Gasteiger partial charge in [0.25, 0.3) is 0 Å². The third kappa shape index (κ3) is 1.96. The molecule has 0 bridgehead atoms. The minimum atomic E-state index is -1.04. The summed E-state index contributed by atoms with van der Waals surface area (Å²) in [6.07, 6.45) is 0.465. The Bertz CT molecular complexity index is 369. The minimum Gasteiger partial charge on any atom is -0.322 e. The van der Waals surface area contributed by atoms with Gasteiger partial charge in [0.05, 0.1) is 0 Å². The molecule has 0 fully saturated rings. The van der Waals surface area contributed by atoms with Gasteiger partial charge in [0.1, 0.15) is 0 Å². The van der Waals surface area contributed by atoms with Gasteiger partial charge in [0, 0.05) is 11.1 Å². The molecule has 76 valence electrons. The summed E-state index contributed by atoms with van der Waals surface area (Å²) in [5.74, 6) is -2.04. The summed E-state index contributed by atoms with van der Waals surface area (Å²) in [5, 5.41) is 0. The van der Waals surface area contributed by atoms with Crippen molar-refractivity contribution in [1.29, 1.82) is 0 Å². The second kappa shape index (κ2) is 3.46. The van der Waals surface area contributed by atoms with Crippen molar-refractivity contribution in [3.05, 3.63) is 34.9 Å². The molecule has 4 heteroatoms. The lowest BCUT2D eigenvalue weighted by atomic mass is 9.91. The zero-order chi connectivity index (χ0) is 10.9. The number of carbonyl (C=O) groups is 1. The molecule has 0 saturated carbocycles. The molecular weight excluding hydrogens is 188 g/mol. The van der Waals surface area contributed by atoms with Crippen molar-refractivity contribution < 1.29 is 13.6 Å². The van der Waals surface area contributed by atoms with Crippen molar-refractivity contribution in [1.82, 2.24) is 0 Å². The largest absolute Gasteiger partial charge is 0.322 e. The molecule has 0 aliphatic carbocycles. The van der Waals surface area contributed by atoms with Crippen molar-refractivity contribution in [2.45, 2.75) is 19.4 Å². The second-order valence-corrected chi connectivity index (χ2v) is 3.69. The van der Waals surface area contributed by atoms with Crippen LogP contribution < -0.4 is 5.73 Å². The Morgan fingerprint density at radius 2 is 1.79 bits per heavy atom. The van der Waals surface area contributed by atoms with E-state index in [9.17, 15) is 13.6 Å². The number of rotatable bonds is 2. The SMILES string of the molecule is CC(C)(N)c1cc(F)c(F)cc1C=O. The van der Waals surface area contributed by atoms with E-state index in [0.29, 0.717) is 11.8 Å². The molecule has 0 radical (unpaired) electrons. The highest BCUT2D eigenvalue weighted by Gasteiger charge is 2.20. The van der Waals surface area contributed by atoms with E-state index in [2.05, 4.69) is 0 Å². The maximum atomic E-state index is 12.9. The first-order valence-corrected chi connectivity index (χ1v) is 4.10. The van der Waals surface area contributed by atoms with Gasteiger partial charge in [-0.05, 0) is 31.5 Å². The molecule has 0 unspecified atom stereocenters. The average Bonchev–Trinajstić information content (AvgIpc) is 2.07. The van der Waals surface area contributed by atoms with Crippen LogP contribution in [0, 0.1) is 11.6 Å². The first-order chi connectivity index (χ1) is 6.36. The van der Waals surface area contributed by atoms with Gasteiger partial charge in [-0.15, -0.1) is 0 Å². The van der Waals surface area contributed by atoms with Crippen molar-refractivity contribution in [2.75, 3.05) is 0 Å². The molecule has 0 aliphatic rings. The standard InChI is InChI=1S/C10H11F2NO/c1-10(2,13)7-4-9(12)8(11)3-6(7)5-14/h3-5H,13H2,1-2H3. The van der Waals surface area contributed by atoms with Crippen LogP contribution in [0.4, 0.5) is 8.78 Å². The molecule has 1 rings (SSSR count). The van der Waals surface area contributed by atoms with E-state index in [-0.39, 0.29) is 5.56 Å². The zero-order valence-corrected chi connectivity index (χ0v) is 7.97. The Morgan fingerprint density at radius 1 is 1.29 bits per heavy atom. The molecule has 14 heavy (non-hydrogen) atoms. The number of halogens is 2. The molecule has 1 aromatic carbocycles. The first-order valence-electron chi connectivity index (χ1n) is 4.10. The monoisotopic (exact) mass is 199 g/mol. The van der Waals surface area contributed by atoms with Crippen LogP contribution in [0.25, 0.3) is 0 Å². The van der Waals surface area contributed by atoms with Crippen molar-refractivity contribution in [3.63, 3.8) is 0 Å². The van der Waals surface area contributed by atoms with E-state index in [4.69, 9.17) is 5.73 Å². The predicted molar refractivity (Wildman–Crippen MR) is 49.0 cm³/mol. The fourth-order valence-electron chi connectivity index (χ4n) is 1.22. The number of hydrogen-bond donors (Lipinski definition) is 1. The molecule has 1 aromatic rings. The van der Waals surface area contributed by atoms with Gasteiger partial charge in [-0.1, -0.05) is 0 Å². The van der Waals surface area contributed by atoms with Crippen LogP contribution in [0.2, 0.25) is 0 Å². The number of aldehydes is 1. The molecule has 2 nitrogen and oxygen atoms in total. The first kappa shape index (κ1) is 10.8. The van der Waals surface area contributed by atoms with Gasteiger partial charge in [-0.25, -0.2) is 8.78 Å². The number of hydrogen-bond acceptors (Lipinski definition) is 2. The van der Waals surface area contributed by atoms with Gasteiger partial charge >= 0.3 is 0 Å². The highest BCUT2D eigenvalue weighted by molar-refractivity contribution is 5.78. The zero-order valence-electron chi connectivity index (χ0n) is 7.97. The summed E-state index contributed by atoms with van der Waals surface area (Å²) in [4.78, 5) is 10.6. The summed E-state index contributed by atoms with van der Waals surface area (Å²) >= 11 is 0. The molecule has 0 atom stereocenters. The lowest BCUT2D eigenvalue weighted by molar-refractivity contribution is 0.112. The second-order valence-electron chi connectivity index (χ2n) is 3.69. The molecule has 0 heterocycles. The van der Waals surface area contributed by atoms with Gasteiger partial charge in [0.15, 0.2) is 17.9 Å². The third-order valence-corrected chi connectivity index (χ3v) is 1.91. The quantitative estimate of drug-likeness (QED) is 0.740. The average molecular weight is 199 g/mol. The van der Waals surface area contributed by atoms with Gasteiger partial charge in [-0.2, -0.15) is 0 Å².